The SMILES string of the molecule is O=C(c1cnc2ccccc2n1)N1CC(c2nc(-c3cccc(C(F)(F)F)c3)no2)C1. The molecular weight excluding hydrogens is 411 g/mol. The van der Waals surface area contributed by atoms with E-state index in [1.54, 1.807) is 11.0 Å². The molecule has 1 amide bonds. The second kappa shape index (κ2) is 7.15. The van der Waals surface area contributed by atoms with Gasteiger partial charge in [0.05, 0.1) is 28.7 Å². The summed E-state index contributed by atoms with van der Waals surface area (Å²) in [6.07, 6.45) is -3.01. The zero-order valence-corrected chi connectivity index (χ0v) is 15.9. The minimum absolute atomic E-state index is 0.0753. The topological polar surface area (TPSA) is 85.0 Å². The fourth-order valence-corrected chi connectivity index (χ4v) is 3.38. The van der Waals surface area contributed by atoms with Gasteiger partial charge in [0.2, 0.25) is 11.7 Å². The third-order valence-electron chi connectivity index (χ3n) is 5.08. The van der Waals surface area contributed by atoms with Gasteiger partial charge in [0.25, 0.3) is 5.91 Å². The van der Waals surface area contributed by atoms with Gasteiger partial charge in [-0.15, -0.1) is 0 Å². The number of halogens is 3. The van der Waals surface area contributed by atoms with Crippen LogP contribution in [-0.4, -0.2) is 44.0 Å². The minimum Gasteiger partial charge on any atom is -0.339 e. The number of carbonyl (C=O) groups is 1. The summed E-state index contributed by atoms with van der Waals surface area (Å²) in [6, 6.07) is 12.0. The molecule has 0 aliphatic carbocycles. The normalized spacial score (nSPS) is 14.6. The quantitative estimate of drug-likeness (QED) is 0.494. The first kappa shape index (κ1) is 19.2. The van der Waals surface area contributed by atoms with E-state index in [0.29, 0.717) is 24.1 Å². The summed E-state index contributed by atoms with van der Waals surface area (Å²) in [5, 5.41) is 3.80. The molecule has 3 heterocycles. The number of hydrogen-bond acceptors (Lipinski definition) is 6. The van der Waals surface area contributed by atoms with Gasteiger partial charge in [0.15, 0.2) is 0 Å². The second-order valence-corrected chi connectivity index (χ2v) is 7.19. The van der Waals surface area contributed by atoms with Crippen LogP contribution in [0.3, 0.4) is 0 Å². The van der Waals surface area contributed by atoms with Gasteiger partial charge in [-0.05, 0) is 24.3 Å². The van der Waals surface area contributed by atoms with E-state index in [-0.39, 0.29) is 34.8 Å². The van der Waals surface area contributed by atoms with Crippen molar-refractivity contribution in [3.63, 3.8) is 0 Å². The van der Waals surface area contributed by atoms with E-state index < -0.39 is 11.7 Å². The van der Waals surface area contributed by atoms with Crippen molar-refractivity contribution in [2.75, 3.05) is 13.1 Å². The van der Waals surface area contributed by atoms with E-state index in [1.807, 2.05) is 18.2 Å². The van der Waals surface area contributed by atoms with Crippen molar-refractivity contribution in [1.29, 1.82) is 0 Å². The molecule has 2 aromatic carbocycles. The lowest BCUT2D eigenvalue weighted by atomic mass is 9.99. The van der Waals surface area contributed by atoms with Gasteiger partial charge in [-0.3, -0.25) is 9.78 Å². The molecule has 2 aromatic heterocycles. The monoisotopic (exact) mass is 425 g/mol. The minimum atomic E-state index is -4.46. The predicted molar refractivity (Wildman–Crippen MR) is 103 cm³/mol. The molecule has 1 aliphatic rings. The van der Waals surface area contributed by atoms with Crippen LogP contribution in [0.5, 0.6) is 0 Å². The summed E-state index contributed by atoms with van der Waals surface area (Å²) in [6.45, 7) is 0.690. The number of hydrogen-bond donors (Lipinski definition) is 0. The fourth-order valence-electron chi connectivity index (χ4n) is 3.38. The molecule has 1 saturated heterocycles. The highest BCUT2D eigenvalue weighted by Gasteiger charge is 2.37. The van der Waals surface area contributed by atoms with Crippen molar-refractivity contribution in [3.05, 3.63) is 71.9 Å². The number of benzene rings is 2. The standard InChI is InChI=1S/C21H14F3N5O2/c22-21(23,24)14-5-3-4-12(8-14)18-27-19(31-28-18)13-10-29(11-13)20(30)17-9-25-15-6-1-2-7-16(15)26-17/h1-9,13H,10-11H2. The van der Waals surface area contributed by atoms with E-state index in [1.165, 1.54) is 18.3 Å². The molecule has 156 valence electrons. The number of likely N-dealkylation sites (tertiary alicyclic amines) is 1. The lowest BCUT2D eigenvalue weighted by molar-refractivity contribution is -0.137. The molecule has 7 nitrogen and oxygen atoms in total. The van der Waals surface area contributed by atoms with E-state index in [0.717, 1.165) is 12.1 Å². The largest absolute Gasteiger partial charge is 0.416 e. The Morgan fingerprint density at radius 3 is 2.58 bits per heavy atom. The van der Waals surface area contributed by atoms with Crippen LogP contribution in [-0.2, 0) is 6.18 Å². The summed E-state index contributed by atoms with van der Waals surface area (Å²) < 4.78 is 44.0. The number of rotatable bonds is 3. The molecule has 0 unspecified atom stereocenters. The lowest BCUT2D eigenvalue weighted by Gasteiger charge is -2.36. The van der Waals surface area contributed by atoms with Gasteiger partial charge in [0.1, 0.15) is 5.69 Å². The summed E-state index contributed by atoms with van der Waals surface area (Å²) in [5.74, 6) is -0.0936. The maximum absolute atomic E-state index is 12.9. The van der Waals surface area contributed by atoms with E-state index in [4.69, 9.17) is 4.52 Å². The molecule has 0 spiro atoms. The molecule has 1 aliphatic heterocycles. The van der Waals surface area contributed by atoms with Crippen LogP contribution in [0, 0.1) is 0 Å². The molecule has 4 aromatic rings. The Balaban J connectivity index is 1.28. The van der Waals surface area contributed by atoms with Gasteiger partial charge >= 0.3 is 6.18 Å². The fraction of sp³-hybridized carbons (Fsp3) is 0.190. The first-order chi connectivity index (χ1) is 14.9. The zero-order valence-electron chi connectivity index (χ0n) is 15.9. The first-order valence-electron chi connectivity index (χ1n) is 9.41. The van der Waals surface area contributed by atoms with Crippen LogP contribution >= 0.6 is 0 Å². The van der Waals surface area contributed by atoms with Gasteiger partial charge in [-0.25, -0.2) is 4.98 Å². The van der Waals surface area contributed by atoms with Gasteiger partial charge < -0.3 is 9.42 Å². The van der Waals surface area contributed by atoms with Crippen molar-refractivity contribution in [2.45, 2.75) is 12.1 Å². The third-order valence-corrected chi connectivity index (χ3v) is 5.08. The van der Waals surface area contributed by atoms with Crippen molar-refractivity contribution in [1.82, 2.24) is 25.0 Å². The average molecular weight is 425 g/mol. The molecule has 0 N–H and O–H groups in total. The molecule has 5 rings (SSSR count). The van der Waals surface area contributed by atoms with Crippen molar-refractivity contribution in [2.24, 2.45) is 0 Å². The molecule has 31 heavy (non-hydrogen) atoms. The highest BCUT2D eigenvalue weighted by Crippen LogP contribution is 2.33. The van der Waals surface area contributed by atoms with E-state index in [2.05, 4.69) is 20.1 Å². The van der Waals surface area contributed by atoms with Gasteiger partial charge in [-0.2, -0.15) is 18.2 Å². The molecule has 1 fully saturated rings. The van der Waals surface area contributed by atoms with Crippen molar-refractivity contribution < 1.29 is 22.5 Å². The van der Waals surface area contributed by atoms with Crippen molar-refractivity contribution in [3.8, 4) is 11.4 Å². The number of nitrogens with zero attached hydrogens (tertiary/aromatic N) is 5. The van der Waals surface area contributed by atoms with Crippen LogP contribution in [0.1, 0.15) is 27.9 Å². The molecule has 0 saturated carbocycles. The number of alkyl halides is 3. The van der Waals surface area contributed by atoms with Crippen LogP contribution in [0.25, 0.3) is 22.4 Å². The maximum atomic E-state index is 12.9. The summed E-state index contributed by atoms with van der Waals surface area (Å²) in [7, 11) is 0. The number of aromatic nitrogens is 4. The Hall–Kier alpha value is -3.82. The molecule has 10 heteroatoms. The Morgan fingerprint density at radius 1 is 1.03 bits per heavy atom. The van der Waals surface area contributed by atoms with Crippen LogP contribution < -0.4 is 0 Å². The number of para-hydroxylation sites is 2. The number of carbonyl (C=O) groups excluding carboxylic acids is 1. The van der Waals surface area contributed by atoms with Gasteiger partial charge in [-0.1, -0.05) is 29.4 Å². The molecule has 0 radical (unpaired) electrons. The van der Waals surface area contributed by atoms with Gasteiger partial charge in [0, 0.05) is 18.7 Å². The van der Waals surface area contributed by atoms with Crippen molar-refractivity contribution >= 4 is 16.9 Å². The molecule has 0 bridgehead atoms. The van der Waals surface area contributed by atoms with Crippen LogP contribution in [0.2, 0.25) is 0 Å². The smallest absolute Gasteiger partial charge is 0.339 e. The lowest BCUT2D eigenvalue weighted by Crippen LogP contribution is -2.48. The predicted octanol–water partition coefficient (Wildman–Crippen LogP) is 3.94. The number of fused-ring (bicyclic) bond motifs is 1. The summed E-state index contributed by atoms with van der Waals surface area (Å²) in [4.78, 5) is 27.1. The Bertz CT molecular complexity index is 1280. The third kappa shape index (κ3) is 3.60. The Kier molecular flexibility index (Phi) is 4.42. The summed E-state index contributed by atoms with van der Waals surface area (Å²) >= 11 is 0. The van der Waals surface area contributed by atoms with E-state index in [9.17, 15) is 18.0 Å². The maximum Gasteiger partial charge on any atom is 0.416 e. The van der Waals surface area contributed by atoms with Crippen LogP contribution in [0.4, 0.5) is 13.2 Å². The number of amides is 1. The highest BCUT2D eigenvalue weighted by molar-refractivity contribution is 5.94. The molecular formula is C21H14F3N5O2. The second-order valence-electron chi connectivity index (χ2n) is 7.19. The molecule has 0 atom stereocenters. The first-order valence-corrected chi connectivity index (χ1v) is 9.41. The highest BCUT2D eigenvalue weighted by atomic mass is 19.4. The van der Waals surface area contributed by atoms with E-state index >= 15 is 0 Å². The zero-order chi connectivity index (χ0) is 21.6. The Labute approximate surface area is 173 Å². The average Bonchev–Trinajstić information content (AvgIpc) is 3.21. The van der Waals surface area contributed by atoms with Crippen LogP contribution in [0.15, 0.2) is 59.3 Å². The summed E-state index contributed by atoms with van der Waals surface area (Å²) in [5.41, 5.74) is 1.01. The Morgan fingerprint density at radius 2 is 1.81 bits per heavy atom.